The summed E-state index contributed by atoms with van der Waals surface area (Å²) in [5.74, 6) is 0. The molecule has 4 unspecified atom stereocenters. The predicted molar refractivity (Wildman–Crippen MR) is 72.9 cm³/mol. The van der Waals surface area contributed by atoms with Gasteiger partial charge in [-0.3, -0.25) is 0 Å². The number of hydrogen-bond acceptors (Lipinski definition) is 6. The molecule has 0 amide bonds. The minimum Gasteiger partial charge on any atom is -0.390 e. The van der Waals surface area contributed by atoms with E-state index in [4.69, 9.17) is 0 Å². The summed E-state index contributed by atoms with van der Waals surface area (Å²) in [4.78, 5) is 3.97. The molecule has 4 N–H and O–H groups in total. The molecule has 4 atom stereocenters. The van der Waals surface area contributed by atoms with Gasteiger partial charge in [-0.25, -0.2) is 0 Å². The third kappa shape index (κ3) is 4.11. The Kier molecular flexibility index (Phi) is 5.34. The standard InChI is InChI=1S/C13H28N2O4/c1-12(18)7-10(16)11(17)8-13(12,19)9-15(4)6-5-14(2)3/h10-11,16-19H,5-9H2,1-4H3. The fraction of sp³-hybridized carbons (Fsp3) is 1.00. The zero-order valence-corrected chi connectivity index (χ0v) is 12.4. The smallest absolute Gasteiger partial charge is 0.108 e. The van der Waals surface area contributed by atoms with Crippen molar-refractivity contribution in [2.24, 2.45) is 0 Å². The van der Waals surface area contributed by atoms with E-state index in [0.29, 0.717) is 0 Å². The molecule has 0 aromatic rings. The van der Waals surface area contributed by atoms with Crippen LogP contribution >= 0.6 is 0 Å². The van der Waals surface area contributed by atoms with E-state index in [1.165, 1.54) is 6.92 Å². The van der Waals surface area contributed by atoms with Gasteiger partial charge in [0.15, 0.2) is 0 Å². The average molecular weight is 276 g/mol. The van der Waals surface area contributed by atoms with Crippen LogP contribution in [0.15, 0.2) is 0 Å². The summed E-state index contributed by atoms with van der Waals surface area (Å²) in [6.07, 6.45) is -2.02. The first-order chi connectivity index (χ1) is 8.57. The van der Waals surface area contributed by atoms with Crippen molar-refractivity contribution in [2.45, 2.75) is 43.2 Å². The minimum absolute atomic E-state index is 0.0204. The minimum atomic E-state index is -1.41. The van der Waals surface area contributed by atoms with Crippen LogP contribution in [0.4, 0.5) is 0 Å². The molecule has 0 radical (unpaired) electrons. The maximum absolute atomic E-state index is 10.6. The summed E-state index contributed by atoms with van der Waals surface area (Å²) < 4.78 is 0. The molecular weight excluding hydrogens is 248 g/mol. The van der Waals surface area contributed by atoms with E-state index in [1.807, 2.05) is 30.9 Å². The molecule has 0 saturated heterocycles. The van der Waals surface area contributed by atoms with E-state index in [0.717, 1.165) is 13.1 Å². The van der Waals surface area contributed by atoms with Crippen LogP contribution in [-0.4, -0.2) is 94.4 Å². The molecule has 6 nitrogen and oxygen atoms in total. The van der Waals surface area contributed by atoms with Crippen LogP contribution in [0, 0.1) is 0 Å². The zero-order chi connectivity index (χ0) is 14.8. The lowest BCUT2D eigenvalue weighted by Gasteiger charge is -2.49. The third-order valence-corrected chi connectivity index (χ3v) is 4.06. The molecule has 0 bridgehead atoms. The number of aliphatic hydroxyl groups is 4. The van der Waals surface area contributed by atoms with E-state index >= 15 is 0 Å². The van der Waals surface area contributed by atoms with Gasteiger partial charge in [0.25, 0.3) is 0 Å². The second-order valence-corrected chi connectivity index (χ2v) is 6.39. The first-order valence-corrected chi connectivity index (χ1v) is 6.71. The molecule has 0 spiro atoms. The van der Waals surface area contributed by atoms with E-state index < -0.39 is 23.4 Å². The van der Waals surface area contributed by atoms with Gasteiger partial charge < -0.3 is 30.2 Å². The van der Waals surface area contributed by atoms with E-state index in [2.05, 4.69) is 0 Å². The lowest BCUT2D eigenvalue weighted by atomic mass is 9.70. The molecule has 114 valence electrons. The van der Waals surface area contributed by atoms with E-state index in [9.17, 15) is 20.4 Å². The van der Waals surface area contributed by atoms with Crippen LogP contribution in [0.5, 0.6) is 0 Å². The van der Waals surface area contributed by atoms with Crippen molar-refractivity contribution in [1.82, 2.24) is 9.80 Å². The second kappa shape index (κ2) is 6.03. The third-order valence-electron chi connectivity index (χ3n) is 4.06. The number of aliphatic hydroxyl groups excluding tert-OH is 2. The number of likely N-dealkylation sites (N-methyl/N-ethyl adjacent to an activating group) is 2. The highest BCUT2D eigenvalue weighted by Crippen LogP contribution is 2.37. The Bertz CT molecular complexity index is 298. The molecule has 6 heteroatoms. The van der Waals surface area contributed by atoms with E-state index in [-0.39, 0.29) is 19.4 Å². The van der Waals surface area contributed by atoms with Crippen molar-refractivity contribution in [3.63, 3.8) is 0 Å². The summed E-state index contributed by atoms with van der Waals surface area (Å²) in [7, 11) is 5.81. The maximum Gasteiger partial charge on any atom is 0.108 e. The predicted octanol–water partition coefficient (Wildman–Crippen LogP) is -1.52. The highest BCUT2D eigenvalue weighted by atomic mass is 16.4. The molecule has 0 aliphatic heterocycles. The van der Waals surface area contributed by atoms with Crippen LogP contribution in [0.2, 0.25) is 0 Å². The van der Waals surface area contributed by atoms with Crippen molar-refractivity contribution in [3.05, 3.63) is 0 Å². The van der Waals surface area contributed by atoms with Gasteiger partial charge in [0, 0.05) is 32.5 Å². The molecule has 1 rings (SSSR count). The van der Waals surface area contributed by atoms with Crippen molar-refractivity contribution < 1.29 is 20.4 Å². The van der Waals surface area contributed by atoms with Gasteiger partial charge in [-0.1, -0.05) is 0 Å². The average Bonchev–Trinajstić information content (AvgIpc) is 2.23. The molecule has 1 aliphatic rings. The van der Waals surface area contributed by atoms with Crippen molar-refractivity contribution in [1.29, 1.82) is 0 Å². The summed E-state index contributed by atoms with van der Waals surface area (Å²) >= 11 is 0. The van der Waals surface area contributed by atoms with E-state index in [1.54, 1.807) is 0 Å². The highest BCUT2D eigenvalue weighted by molar-refractivity contribution is 5.06. The molecule has 0 aromatic carbocycles. The van der Waals surface area contributed by atoms with Crippen LogP contribution < -0.4 is 0 Å². The van der Waals surface area contributed by atoms with Gasteiger partial charge >= 0.3 is 0 Å². The van der Waals surface area contributed by atoms with Gasteiger partial charge in [0.1, 0.15) is 5.60 Å². The molecule has 0 aromatic heterocycles. The number of nitrogens with zero attached hydrogens (tertiary/aromatic N) is 2. The fourth-order valence-electron chi connectivity index (χ4n) is 2.57. The summed E-state index contributed by atoms with van der Waals surface area (Å²) in [6, 6.07) is 0. The Morgan fingerprint density at radius 3 is 2.05 bits per heavy atom. The first kappa shape index (κ1) is 16.8. The molecule has 1 aliphatic carbocycles. The highest BCUT2D eigenvalue weighted by Gasteiger charge is 2.53. The van der Waals surface area contributed by atoms with Crippen molar-refractivity contribution >= 4 is 0 Å². The Balaban J connectivity index is 2.67. The van der Waals surface area contributed by atoms with Crippen molar-refractivity contribution in [2.75, 3.05) is 40.8 Å². The lowest BCUT2D eigenvalue weighted by molar-refractivity contribution is -0.219. The van der Waals surface area contributed by atoms with Crippen LogP contribution in [0.1, 0.15) is 19.8 Å². The SMILES string of the molecule is CN(C)CCN(C)CC1(O)CC(O)C(O)CC1(C)O. The monoisotopic (exact) mass is 276 g/mol. The van der Waals surface area contributed by atoms with Crippen LogP contribution in [-0.2, 0) is 0 Å². The summed E-state index contributed by atoms with van der Waals surface area (Å²) in [5.41, 5.74) is -2.81. The molecule has 1 saturated carbocycles. The zero-order valence-electron chi connectivity index (χ0n) is 12.4. The normalized spacial score (nSPS) is 40.1. The van der Waals surface area contributed by atoms with Gasteiger partial charge in [-0.2, -0.15) is 0 Å². The first-order valence-electron chi connectivity index (χ1n) is 6.71. The summed E-state index contributed by atoms with van der Waals surface area (Å²) in [6.45, 7) is 3.38. The number of hydrogen-bond donors (Lipinski definition) is 4. The number of rotatable bonds is 5. The molecule has 0 heterocycles. The Morgan fingerprint density at radius 2 is 1.53 bits per heavy atom. The van der Waals surface area contributed by atoms with Gasteiger partial charge in [0.2, 0.25) is 0 Å². The largest absolute Gasteiger partial charge is 0.390 e. The van der Waals surface area contributed by atoms with Crippen molar-refractivity contribution in [3.8, 4) is 0 Å². The Morgan fingerprint density at radius 1 is 1.00 bits per heavy atom. The van der Waals surface area contributed by atoms with Crippen LogP contribution in [0.3, 0.4) is 0 Å². The maximum atomic E-state index is 10.6. The lowest BCUT2D eigenvalue weighted by Crippen LogP contribution is -2.65. The van der Waals surface area contributed by atoms with Gasteiger partial charge in [0.05, 0.1) is 17.8 Å². The van der Waals surface area contributed by atoms with Gasteiger partial charge in [-0.15, -0.1) is 0 Å². The Hall–Kier alpha value is -0.240. The topological polar surface area (TPSA) is 87.4 Å². The van der Waals surface area contributed by atoms with Crippen LogP contribution in [0.25, 0.3) is 0 Å². The second-order valence-electron chi connectivity index (χ2n) is 6.39. The fourth-order valence-corrected chi connectivity index (χ4v) is 2.57. The van der Waals surface area contributed by atoms with Gasteiger partial charge in [-0.05, 0) is 28.1 Å². The molecule has 1 fully saturated rings. The molecular formula is C13H28N2O4. The molecule has 19 heavy (non-hydrogen) atoms. The Labute approximate surface area is 115 Å². The summed E-state index contributed by atoms with van der Waals surface area (Å²) in [5, 5.41) is 40.3. The quantitative estimate of drug-likeness (QED) is 0.488.